The van der Waals surface area contributed by atoms with Gasteiger partial charge < -0.3 is 5.32 Å². The fraction of sp³-hybridized carbons (Fsp3) is 0.462. The van der Waals surface area contributed by atoms with Gasteiger partial charge in [0.05, 0.1) is 9.40 Å². The lowest BCUT2D eigenvalue weighted by Gasteiger charge is -2.05. The Morgan fingerprint density at radius 3 is 2.74 bits per heavy atom. The van der Waals surface area contributed by atoms with E-state index in [2.05, 4.69) is 28.2 Å². The van der Waals surface area contributed by atoms with Crippen molar-refractivity contribution in [3.05, 3.63) is 38.3 Å². The highest BCUT2D eigenvalue weighted by Gasteiger charge is 2.15. The van der Waals surface area contributed by atoms with Crippen molar-refractivity contribution in [3.63, 3.8) is 0 Å². The molecule has 0 aromatic heterocycles. The van der Waals surface area contributed by atoms with E-state index in [1.165, 1.54) is 12.1 Å². The van der Waals surface area contributed by atoms with Gasteiger partial charge in [-0.05, 0) is 34.5 Å². The minimum Gasteiger partial charge on any atom is -0.352 e. The molecule has 0 saturated carbocycles. The first-order valence-corrected chi connectivity index (χ1v) is 7.07. The van der Waals surface area contributed by atoms with Crippen LogP contribution in [0.5, 0.6) is 0 Å². The molecule has 0 aliphatic heterocycles. The minimum atomic E-state index is -0.512. The van der Waals surface area contributed by atoms with Crippen molar-refractivity contribution in [2.45, 2.75) is 32.6 Å². The Labute approximate surface area is 120 Å². The van der Waals surface area contributed by atoms with Crippen LogP contribution >= 0.6 is 15.9 Å². The molecule has 1 aromatic rings. The number of amides is 1. The molecule has 0 radical (unpaired) electrons. The maximum absolute atomic E-state index is 11.8. The fourth-order valence-electron chi connectivity index (χ4n) is 1.65. The molecule has 0 spiro atoms. The van der Waals surface area contributed by atoms with Crippen molar-refractivity contribution in [2.24, 2.45) is 0 Å². The lowest BCUT2D eigenvalue weighted by molar-refractivity contribution is -0.385. The van der Waals surface area contributed by atoms with Crippen LogP contribution < -0.4 is 5.32 Å². The smallest absolute Gasteiger partial charge is 0.284 e. The van der Waals surface area contributed by atoms with Crippen LogP contribution in [0.1, 0.15) is 43.0 Å². The Hall–Kier alpha value is -1.43. The van der Waals surface area contributed by atoms with Crippen LogP contribution in [-0.2, 0) is 0 Å². The van der Waals surface area contributed by atoms with Gasteiger partial charge in [-0.2, -0.15) is 0 Å². The Morgan fingerprint density at radius 1 is 1.37 bits per heavy atom. The largest absolute Gasteiger partial charge is 0.352 e. The van der Waals surface area contributed by atoms with E-state index in [0.29, 0.717) is 16.6 Å². The first-order chi connectivity index (χ1) is 9.06. The molecule has 6 heteroatoms. The molecule has 0 bridgehead atoms. The lowest BCUT2D eigenvalue weighted by Crippen LogP contribution is -2.24. The van der Waals surface area contributed by atoms with Crippen LogP contribution in [0.3, 0.4) is 0 Å². The van der Waals surface area contributed by atoms with Crippen LogP contribution in [-0.4, -0.2) is 17.4 Å². The predicted molar refractivity (Wildman–Crippen MR) is 77.3 cm³/mol. The third-order valence-electron chi connectivity index (χ3n) is 2.72. The van der Waals surface area contributed by atoms with Crippen LogP contribution in [0, 0.1) is 10.1 Å². The van der Waals surface area contributed by atoms with Gasteiger partial charge in [0.15, 0.2) is 0 Å². The van der Waals surface area contributed by atoms with Gasteiger partial charge in [0.1, 0.15) is 0 Å². The number of nitro groups is 1. The molecule has 5 nitrogen and oxygen atoms in total. The number of hydrogen-bond acceptors (Lipinski definition) is 3. The van der Waals surface area contributed by atoms with Crippen molar-refractivity contribution < 1.29 is 9.72 Å². The minimum absolute atomic E-state index is 0.0985. The average Bonchev–Trinajstić information content (AvgIpc) is 2.38. The number of carbonyl (C=O) groups is 1. The topological polar surface area (TPSA) is 72.2 Å². The number of unbranched alkanes of at least 4 members (excludes halogenated alkanes) is 3. The van der Waals surface area contributed by atoms with E-state index in [4.69, 9.17) is 0 Å². The molecule has 0 saturated heterocycles. The quantitative estimate of drug-likeness (QED) is 0.471. The average molecular weight is 329 g/mol. The number of hydrogen-bond donors (Lipinski definition) is 1. The Balaban J connectivity index is 2.57. The number of carbonyl (C=O) groups excluding carboxylic acids is 1. The summed E-state index contributed by atoms with van der Waals surface area (Å²) in [4.78, 5) is 22.1. The molecule has 0 aliphatic rings. The Kier molecular flexibility index (Phi) is 6.49. The van der Waals surface area contributed by atoms with E-state index in [-0.39, 0.29) is 11.6 Å². The molecule has 0 fully saturated rings. The summed E-state index contributed by atoms with van der Waals surface area (Å²) in [5.74, 6) is -0.271. The van der Waals surface area contributed by atoms with Crippen molar-refractivity contribution in [1.82, 2.24) is 5.32 Å². The molecule has 104 valence electrons. The first-order valence-electron chi connectivity index (χ1n) is 6.28. The van der Waals surface area contributed by atoms with E-state index in [0.717, 1.165) is 25.7 Å². The monoisotopic (exact) mass is 328 g/mol. The standard InChI is InChI=1S/C13H17BrN2O3/c1-2-3-4-5-8-15-13(17)10-6-7-11(14)12(9-10)16(18)19/h6-7,9H,2-5,8H2,1H3,(H,15,17). The van der Waals surface area contributed by atoms with Crippen molar-refractivity contribution in [3.8, 4) is 0 Å². The number of rotatable bonds is 7. The molecular formula is C13H17BrN2O3. The van der Waals surface area contributed by atoms with Gasteiger partial charge >= 0.3 is 0 Å². The lowest BCUT2D eigenvalue weighted by atomic mass is 10.1. The zero-order valence-electron chi connectivity index (χ0n) is 10.8. The Bertz CT molecular complexity index is 463. The van der Waals surface area contributed by atoms with Gasteiger partial charge in [0.25, 0.3) is 11.6 Å². The van der Waals surface area contributed by atoms with Gasteiger partial charge in [-0.25, -0.2) is 0 Å². The summed E-state index contributed by atoms with van der Waals surface area (Å²) >= 11 is 3.09. The number of halogens is 1. The summed E-state index contributed by atoms with van der Waals surface area (Å²) in [7, 11) is 0. The second-order valence-electron chi connectivity index (χ2n) is 4.24. The molecule has 0 unspecified atom stereocenters. The van der Waals surface area contributed by atoms with Crippen LogP contribution in [0.4, 0.5) is 5.69 Å². The van der Waals surface area contributed by atoms with Crippen molar-refractivity contribution in [1.29, 1.82) is 0 Å². The van der Waals surface area contributed by atoms with Gasteiger partial charge in [-0.1, -0.05) is 26.2 Å². The highest BCUT2D eigenvalue weighted by Crippen LogP contribution is 2.25. The zero-order chi connectivity index (χ0) is 14.3. The first kappa shape index (κ1) is 15.6. The second kappa shape index (κ2) is 7.89. The molecule has 1 rings (SSSR count). The second-order valence-corrected chi connectivity index (χ2v) is 5.09. The third kappa shape index (κ3) is 4.98. The summed E-state index contributed by atoms with van der Waals surface area (Å²) in [6.07, 6.45) is 4.31. The molecule has 1 amide bonds. The molecule has 19 heavy (non-hydrogen) atoms. The predicted octanol–water partition coefficient (Wildman–Crippen LogP) is 3.67. The number of nitro benzene ring substituents is 1. The number of nitrogens with one attached hydrogen (secondary N) is 1. The summed E-state index contributed by atoms with van der Waals surface area (Å²) in [6.45, 7) is 2.72. The highest BCUT2D eigenvalue weighted by molar-refractivity contribution is 9.10. The van der Waals surface area contributed by atoms with E-state index in [1.807, 2.05) is 0 Å². The molecule has 0 heterocycles. The van der Waals surface area contributed by atoms with Gasteiger partial charge in [0, 0.05) is 18.2 Å². The number of benzene rings is 1. The van der Waals surface area contributed by atoms with Crippen molar-refractivity contribution >= 4 is 27.5 Å². The summed E-state index contributed by atoms with van der Waals surface area (Å²) in [5.41, 5.74) is 0.212. The summed E-state index contributed by atoms with van der Waals surface area (Å²) < 4.78 is 0.372. The van der Waals surface area contributed by atoms with E-state index in [9.17, 15) is 14.9 Å². The van der Waals surface area contributed by atoms with Crippen LogP contribution in [0.25, 0.3) is 0 Å². The van der Waals surface area contributed by atoms with E-state index >= 15 is 0 Å². The molecule has 0 aliphatic carbocycles. The van der Waals surface area contributed by atoms with Crippen LogP contribution in [0.2, 0.25) is 0 Å². The molecule has 0 atom stereocenters. The SMILES string of the molecule is CCCCCCNC(=O)c1ccc(Br)c([N+](=O)[O-])c1. The maximum Gasteiger partial charge on any atom is 0.284 e. The van der Waals surface area contributed by atoms with E-state index < -0.39 is 4.92 Å². The summed E-state index contributed by atoms with van der Waals surface area (Å²) in [5, 5.41) is 13.5. The third-order valence-corrected chi connectivity index (χ3v) is 3.39. The highest BCUT2D eigenvalue weighted by atomic mass is 79.9. The molecule has 1 aromatic carbocycles. The molecular weight excluding hydrogens is 312 g/mol. The normalized spacial score (nSPS) is 10.2. The van der Waals surface area contributed by atoms with E-state index in [1.54, 1.807) is 6.07 Å². The molecule has 1 N–H and O–H groups in total. The van der Waals surface area contributed by atoms with Gasteiger partial charge in [-0.3, -0.25) is 14.9 Å². The maximum atomic E-state index is 11.8. The van der Waals surface area contributed by atoms with Gasteiger partial charge in [-0.15, -0.1) is 0 Å². The van der Waals surface area contributed by atoms with Crippen LogP contribution in [0.15, 0.2) is 22.7 Å². The zero-order valence-corrected chi connectivity index (χ0v) is 12.4. The number of nitrogens with zero attached hydrogens (tertiary/aromatic N) is 1. The van der Waals surface area contributed by atoms with Gasteiger partial charge in [0.2, 0.25) is 0 Å². The Morgan fingerprint density at radius 2 is 2.11 bits per heavy atom. The van der Waals surface area contributed by atoms with Crippen molar-refractivity contribution in [2.75, 3.05) is 6.54 Å². The summed E-state index contributed by atoms with van der Waals surface area (Å²) in [6, 6.07) is 4.37. The fourth-order valence-corrected chi connectivity index (χ4v) is 2.04.